The summed E-state index contributed by atoms with van der Waals surface area (Å²) in [5.74, 6) is -7.70. The molecule has 14 rings (SSSR count). The number of nitrogens with zero attached hydrogens (tertiary/aromatic N) is 10. The van der Waals surface area contributed by atoms with E-state index in [2.05, 4.69) is 52.5 Å². The largest absolute Gasteiger partial charge is 0.487 e. The van der Waals surface area contributed by atoms with Crippen LogP contribution in [-0.2, 0) is 101 Å². The lowest BCUT2D eigenvalue weighted by atomic mass is 9.85. The van der Waals surface area contributed by atoms with E-state index in [4.69, 9.17) is 23.7 Å². The van der Waals surface area contributed by atoms with Gasteiger partial charge < -0.3 is 70.5 Å². The highest BCUT2D eigenvalue weighted by atomic mass is 16.6. The fourth-order valence-electron chi connectivity index (χ4n) is 15.3. The Hall–Kier alpha value is -13.0. The third kappa shape index (κ3) is 23.5. The molecule has 34 nitrogen and oxygen atoms in total. The minimum atomic E-state index is -1.59. The highest BCUT2D eigenvalue weighted by molar-refractivity contribution is 5.99. The molecule has 2 saturated heterocycles. The third-order valence-corrected chi connectivity index (χ3v) is 22.4. The number of amides is 10. The number of hydrogen-bond acceptors (Lipinski definition) is 21. The molecule has 0 spiro atoms. The van der Waals surface area contributed by atoms with E-state index >= 15 is 28.8 Å². The fraction of sp³-hybridized carbons (Fsp3) is 0.473. The maximum Gasteiger partial charge on any atom is 0.410 e. The van der Waals surface area contributed by atoms with E-state index in [9.17, 15) is 33.9 Å². The first kappa shape index (κ1) is 92.7. The minimum Gasteiger partial charge on any atom is -0.487 e. The van der Waals surface area contributed by atoms with Crippen molar-refractivity contribution in [3.8, 4) is 11.5 Å². The Morgan fingerprint density at radius 3 is 1.23 bits per heavy atom. The van der Waals surface area contributed by atoms with E-state index < -0.39 is 166 Å². The van der Waals surface area contributed by atoms with Crippen LogP contribution < -0.4 is 41.4 Å². The first-order chi connectivity index (χ1) is 58.9. The number of esters is 1. The van der Waals surface area contributed by atoms with Crippen LogP contribution in [0.15, 0.2) is 146 Å². The van der Waals surface area contributed by atoms with Crippen LogP contribution in [0.4, 0.5) is 9.59 Å². The Kier molecular flexibility index (Phi) is 28.8. The van der Waals surface area contributed by atoms with Crippen LogP contribution >= 0.6 is 0 Å². The molecule has 6 aromatic carbocycles. The second-order valence-electron chi connectivity index (χ2n) is 36.3. The number of carboxylic acids is 1. The van der Waals surface area contributed by atoms with Gasteiger partial charge in [-0.1, -0.05) is 161 Å². The first-order valence-corrected chi connectivity index (χ1v) is 41.8. The second-order valence-corrected chi connectivity index (χ2v) is 36.3. The van der Waals surface area contributed by atoms with Crippen molar-refractivity contribution >= 4 is 92.9 Å². The number of methoxy groups -OCH3 is 1. The van der Waals surface area contributed by atoms with E-state index in [-0.39, 0.29) is 76.2 Å². The average Bonchev–Trinajstić information content (AvgIpc) is 1.64. The van der Waals surface area contributed by atoms with Gasteiger partial charge >= 0.3 is 24.1 Å². The monoisotopic (exact) mass is 1720 g/mol. The summed E-state index contributed by atoms with van der Waals surface area (Å²) in [6.07, 6.45) is 1.01. The zero-order valence-electron chi connectivity index (χ0n) is 73.7. The summed E-state index contributed by atoms with van der Waals surface area (Å²) in [5, 5.41) is 49.4. The van der Waals surface area contributed by atoms with Crippen LogP contribution in [0.25, 0.3) is 21.5 Å². The highest BCUT2D eigenvalue weighted by Crippen LogP contribution is 2.36. The number of carbonyl (C=O) groups is 12. The van der Waals surface area contributed by atoms with E-state index in [1.165, 1.54) is 54.2 Å². The van der Waals surface area contributed by atoms with Gasteiger partial charge in [0.05, 0.1) is 31.6 Å². The number of aromatic nitrogens is 6. The molecule has 1 unspecified atom stereocenters. The summed E-state index contributed by atoms with van der Waals surface area (Å²) in [6, 6.07) is 23.4. The summed E-state index contributed by atoms with van der Waals surface area (Å²) >= 11 is 0. The number of nitrogens with one attached hydrogen (secondary N) is 6. The number of likely N-dealkylation sites (tertiary alicyclic amines) is 2. The van der Waals surface area contributed by atoms with Gasteiger partial charge in [0.2, 0.25) is 47.3 Å². The van der Waals surface area contributed by atoms with E-state index in [0.29, 0.717) is 33.8 Å². The van der Waals surface area contributed by atoms with Gasteiger partial charge in [0.1, 0.15) is 108 Å². The molecule has 6 aliphatic heterocycles. The van der Waals surface area contributed by atoms with Crippen molar-refractivity contribution in [3.05, 3.63) is 179 Å². The number of benzene rings is 6. The third-order valence-electron chi connectivity index (χ3n) is 22.4. The predicted molar refractivity (Wildman–Crippen MR) is 460 cm³/mol. The Bertz CT molecular complexity index is 5300. The molecule has 0 aliphatic carbocycles. The number of fused-ring (bicyclic) bond motifs is 2. The van der Waals surface area contributed by atoms with Gasteiger partial charge in [0.25, 0.3) is 0 Å². The van der Waals surface area contributed by atoms with Gasteiger partial charge in [0, 0.05) is 52.9 Å². The number of carboxylic acid groups (broad SMARTS) is 1. The van der Waals surface area contributed by atoms with Gasteiger partial charge in [-0.05, 0) is 147 Å². The van der Waals surface area contributed by atoms with Crippen molar-refractivity contribution < 1.29 is 86.3 Å². The van der Waals surface area contributed by atoms with Crippen LogP contribution in [0.5, 0.6) is 11.5 Å². The summed E-state index contributed by atoms with van der Waals surface area (Å²) in [4.78, 5) is 181. The lowest BCUT2D eigenvalue weighted by molar-refractivity contribution is -0.146. The number of aliphatic carboxylic acids is 1. The summed E-state index contributed by atoms with van der Waals surface area (Å²) < 4.78 is 31.8. The number of rotatable bonds is 14. The molecule has 8 bridgehead atoms. The molecular weight excluding hydrogens is 1610 g/mol. The van der Waals surface area contributed by atoms with Crippen LogP contribution in [0.2, 0.25) is 0 Å². The fourth-order valence-corrected chi connectivity index (χ4v) is 15.3. The zero-order chi connectivity index (χ0) is 90.9. The Morgan fingerprint density at radius 1 is 0.504 bits per heavy atom. The molecule has 125 heavy (non-hydrogen) atoms. The maximum absolute atomic E-state index is 15.9. The molecule has 8 heterocycles. The van der Waals surface area contributed by atoms with Crippen LogP contribution in [0.1, 0.15) is 155 Å². The van der Waals surface area contributed by atoms with Crippen molar-refractivity contribution in [3.63, 3.8) is 0 Å². The van der Waals surface area contributed by atoms with Crippen LogP contribution in [0, 0.1) is 10.8 Å². The van der Waals surface area contributed by atoms with E-state index in [1.807, 2.05) is 78.9 Å². The molecular formula is C91H114N16O18. The molecule has 6 aliphatic rings. The normalized spacial score (nSPS) is 20.6. The summed E-state index contributed by atoms with van der Waals surface area (Å²) in [5.41, 5.74) is -1.15. The van der Waals surface area contributed by atoms with Gasteiger partial charge in [-0.15, -0.1) is 10.2 Å². The highest BCUT2D eigenvalue weighted by Gasteiger charge is 2.51. The van der Waals surface area contributed by atoms with Crippen molar-refractivity contribution in [2.75, 3.05) is 34.3 Å². The topological polar surface area (TPSA) is 418 Å². The number of hydrogen-bond donors (Lipinski definition) is 7. The van der Waals surface area contributed by atoms with Crippen molar-refractivity contribution in [2.24, 2.45) is 10.8 Å². The summed E-state index contributed by atoms with van der Waals surface area (Å²) in [7, 11) is 3.97. The Labute approximate surface area is 725 Å². The van der Waals surface area contributed by atoms with Crippen LogP contribution in [0.3, 0.4) is 0 Å². The molecule has 10 amide bonds. The molecule has 666 valence electrons. The molecule has 2 aromatic heterocycles. The zero-order valence-corrected chi connectivity index (χ0v) is 73.7. The number of carbonyl (C=O) groups excluding carboxylic acids is 11. The SMILES string of the molecule is COC(=O)[C@@H]1Cc2ccc(cc2)OCc2cn(nn2)[C@@H]2CCN(C(=O)[C@@H](NC(=O)[C@H](C)N(C)C(=O)OC(C)(C)C)C(C)(C)C)[C@@H]2C(=O)N[C@@H](Cc2ccc3ccccc3c2)C(=O)N[C@H](C(=O)O)Cc2ccc(cc2)OCc2cn(nn2)C2CCN(C(=O)[C@@H](NC(=O)[C@H](C)N(C)C(=O)OC(C)(C)C)C(C)(C)C)[C@@H]2C(=O)N[C@@H](Cc2ccc3ccccc3c2)C(=O)N1. The number of likely N-dealkylation sites (N-methyl/N-ethyl adjacent to an activating group) is 2. The second kappa shape index (κ2) is 38.8. The van der Waals surface area contributed by atoms with Crippen molar-refractivity contribution in [1.29, 1.82) is 0 Å². The maximum atomic E-state index is 15.9. The predicted octanol–water partition coefficient (Wildman–Crippen LogP) is 7.67. The molecule has 34 heteroatoms. The van der Waals surface area contributed by atoms with Gasteiger partial charge in [-0.2, -0.15) is 0 Å². The van der Waals surface area contributed by atoms with E-state index in [0.717, 1.165) is 31.3 Å². The molecule has 2 fully saturated rings. The molecule has 7 N–H and O–H groups in total. The first-order valence-electron chi connectivity index (χ1n) is 41.8. The molecule has 12 atom stereocenters. The van der Waals surface area contributed by atoms with Gasteiger partial charge in [-0.3, -0.25) is 48.2 Å². The van der Waals surface area contributed by atoms with Crippen LogP contribution in [-0.4, -0.2) is 232 Å². The average molecular weight is 1720 g/mol. The standard InChI is InChI=1S/C91H114N16O18/c1-52(102(15)86(119)124-90(9,10)11)76(108)96-74(88(3,4)5)82(114)104-40-38-70-72(104)80(112)92-66(46-56-26-32-58-22-18-20-24-60(58)42-56)78(110)94-68(84(116)117)44-54-28-34-64(35-29-54)122-50-62-48-107(101-98-62)71-39-41-105(83(115)75(89(6,7)8)97-77(109)53(2)103(16)87(120)125-91(12,13)14)73(71)81(113)93-67(47-57-27-33-59-23-19-21-25-61(59)43-57)79(111)95-69(85(118)121-17)45-55-30-36-65(37-31-55)123-51-63-49-106(70)100-99-63/h18-37,42-43,48-49,52-53,66-75H,38-41,44-47,50-51H2,1-17H3,(H,92,112)(H,93,113)(H,94,110)(H,95,111)(H,96,108)(H,97,109)(H,116,117)/t52-,53-,66-,67-,68-,69-,70+,71?,72-,73-,74+,75+/m0/s1. The molecule has 0 radical (unpaired) electrons. The van der Waals surface area contributed by atoms with E-state index in [1.54, 1.807) is 150 Å². The van der Waals surface area contributed by atoms with Gasteiger partial charge in [0.15, 0.2) is 0 Å². The lowest BCUT2D eigenvalue weighted by Crippen LogP contribution is -2.62. The van der Waals surface area contributed by atoms with Crippen molar-refractivity contribution in [2.45, 2.75) is 232 Å². The summed E-state index contributed by atoms with van der Waals surface area (Å²) in [6.45, 7) is 22.9. The van der Waals surface area contributed by atoms with Gasteiger partial charge in [-0.25, -0.2) is 28.5 Å². The lowest BCUT2D eigenvalue weighted by Gasteiger charge is -2.37. The quantitative estimate of drug-likeness (QED) is 0.0405. The number of ether oxygens (including phenoxy) is 5. The smallest absolute Gasteiger partial charge is 0.410 e. The Balaban J connectivity index is 0.944. The minimum absolute atomic E-state index is 0.0750. The Morgan fingerprint density at radius 2 is 0.872 bits per heavy atom. The van der Waals surface area contributed by atoms with Crippen molar-refractivity contribution in [1.82, 2.24) is 81.5 Å². The molecule has 8 aromatic rings. The molecule has 0 saturated carbocycles.